The Morgan fingerprint density at radius 2 is 1.89 bits per heavy atom. The maximum absolute atomic E-state index is 5.37. The largest absolute Gasteiger partial charge is 0.493 e. The van der Waals surface area contributed by atoms with E-state index in [4.69, 9.17) is 14.5 Å². The average molecular weight is 377 g/mol. The molecule has 0 aliphatic carbocycles. The number of hydrogen-bond donors (Lipinski definition) is 2. The third-order valence-corrected chi connectivity index (χ3v) is 5.03. The van der Waals surface area contributed by atoms with Crippen LogP contribution < -0.4 is 20.1 Å². The summed E-state index contributed by atoms with van der Waals surface area (Å²) < 4.78 is 10.7. The number of nitrogens with zero attached hydrogens (tertiary/aromatic N) is 2. The Morgan fingerprint density at radius 1 is 1.15 bits per heavy atom. The van der Waals surface area contributed by atoms with E-state index in [1.54, 1.807) is 14.2 Å². The molecule has 1 aromatic rings. The maximum atomic E-state index is 5.37. The van der Waals surface area contributed by atoms with E-state index in [-0.39, 0.29) is 0 Å². The molecule has 1 aliphatic rings. The fourth-order valence-corrected chi connectivity index (χ4v) is 3.29. The van der Waals surface area contributed by atoms with Gasteiger partial charge in [-0.15, -0.1) is 0 Å². The summed E-state index contributed by atoms with van der Waals surface area (Å²) in [5, 5.41) is 6.76. The predicted molar refractivity (Wildman–Crippen MR) is 112 cm³/mol. The second-order valence-electron chi connectivity index (χ2n) is 7.19. The molecule has 0 radical (unpaired) electrons. The first kappa shape index (κ1) is 21.4. The topological polar surface area (TPSA) is 58.1 Å². The van der Waals surface area contributed by atoms with Crippen LogP contribution >= 0.6 is 0 Å². The van der Waals surface area contributed by atoms with Gasteiger partial charge in [-0.2, -0.15) is 0 Å². The maximum Gasteiger partial charge on any atom is 0.191 e. The molecule has 0 aromatic heterocycles. The molecule has 0 spiro atoms. The van der Waals surface area contributed by atoms with Gasteiger partial charge >= 0.3 is 0 Å². The van der Waals surface area contributed by atoms with Crippen LogP contribution in [0.3, 0.4) is 0 Å². The molecule has 0 atom stereocenters. The fraction of sp³-hybridized carbons (Fsp3) is 0.667. The first-order valence-electron chi connectivity index (χ1n) is 10.1. The first-order chi connectivity index (χ1) is 13.2. The van der Waals surface area contributed by atoms with Gasteiger partial charge in [0.1, 0.15) is 0 Å². The number of methoxy groups -OCH3 is 2. The zero-order chi connectivity index (χ0) is 19.5. The number of ether oxygens (including phenoxy) is 2. The number of likely N-dealkylation sites (tertiary alicyclic amines) is 1. The molecule has 6 heteroatoms. The molecule has 1 aliphatic heterocycles. The van der Waals surface area contributed by atoms with E-state index in [9.17, 15) is 0 Å². The summed E-state index contributed by atoms with van der Waals surface area (Å²) in [4.78, 5) is 7.27. The van der Waals surface area contributed by atoms with E-state index in [1.165, 1.54) is 25.9 Å². The Hall–Kier alpha value is -1.95. The molecular weight excluding hydrogens is 340 g/mol. The van der Waals surface area contributed by atoms with E-state index in [0.717, 1.165) is 55.0 Å². The summed E-state index contributed by atoms with van der Waals surface area (Å²) in [5.41, 5.74) is 1.09. The molecule has 0 bridgehead atoms. The normalized spacial score (nSPS) is 16.2. The van der Waals surface area contributed by atoms with Gasteiger partial charge in [0.25, 0.3) is 0 Å². The van der Waals surface area contributed by atoms with Gasteiger partial charge in [0.2, 0.25) is 0 Å². The van der Waals surface area contributed by atoms with Crippen molar-refractivity contribution < 1.29 is 9.47 Å². The van der Waals surface area contributed by atoms with Crippen LogP contribution in [0.5, 0.6) is 11.5 Å². The van der Waals surface area contributed by atoms with Crippen LogP contribution in [-0.2, 0) is 6.54 Å². The second kappa shape index (κ2) is 11.7. The van der Waals surface area contributed by atoms with Gasteiger partial charge in [-0.3, -0.25) is 0 Å². The molecule has 1 aromatic carbocycles. The predicted octanol–water partition coefficient (Wildman–Crippen LogP) is 2.88. The van der Waals surface area contributed by atoms with Crippen molar-refractivity contribution in [3.05, 3.63) is 23.8 Å². The lowest BCUT2D eigenvalue weighted by Crippen LogP contribution is -2.39. The summed E-state index contributed by atoms with van der Waals surface area (Å²) in [7, 11) is 3.30. The highest BCUT2D eigenvalue weighted by atomic mass is 16.5. The summed E-state index contributed by atoms with van der Waals surface area (Å²) in [6.07, 6.45) is 3.81. The number of benzene rings is 1. The Morgan fingerprint density at radius 3 is 2.56 bits per heavy atom. The van der Waals surface area contributed by atoms with Crippen LogP contribution in [0.2, 0.25) is 0 Å². The van der Waals surface area contributed by atoms with E-state index in [1.807, 2.05) is 18.2 Å². The number of piperidine rings is 1. The van der Waals surface area contributed by atoms with Gasteiger partial charge in [0.15, 0.2) is 17.5 Å². The molecule has 0 saturated carbocycles. The highest BCUT2D eigenvalue weighted by Gasteiger charge is 2.14. The molecule has 152 valence electrons. The zero-order valence-corrected chi connectivity index (χ0v) is 17.4. The highest BCUT2D eigenvalue weighted by Crippen LogP contribution is 2.27. The fourth-order valence-electron chi connectivity index (χ4n) is 3.29. The minimum absolute atomic E-state index is 0.597. The Labute approximate surface area is 164 Å². The molecule has 0 unspecified atom stereocenters. The quantitative estimate of drug-likeness (QED) is 0.394. The smallest absolute Gasteiger partial charge is 0.191 e. The molecule has 1 heterocycles. The molecular formula is C21H36N4O2. The van der Waals surface area contributed by atoms with Crippen molar-refractivity contribution in [2.75, 3.05) is 46.9 Å². The van der Waals surface area contributed by atoms with Crippen molar-refractivity contribution in [3.63, 3.8) is 0 Å². The van der Waals surface area contributed by atoms with Crippen LogP contribution in [-0.4, -0.2) is 57.8 Å². The van der Waals surface area contributed by atoms with E-state index in [0.29, 0.717) is 6.54 Å². The van der Waals surface area contributed by atoms with E-state index < -0.39 is 0 Å². The first-order valence-corrected chi connectivity index (χ1v) is 10.1. The number of hydrogen-bond acceptors (Lipinski definition) is 4. The molecule has 1 fully saturated rings. The minimum Gasteiger partial charge on any atom is -0.493 e. The van der Waals surface area contributed by atoms with Crippen molar-refractivity contribution in [1.29, 1.82) is 0 Å². The molecule has 2 rings (SSSR count). The van der Waals surface area contributed by atoms with Crippen LogP contribution in [0.1, 0.15) is 38.7 Å². The summed E-state index contributed by atoms with van der Waals surface area (Å²) in [6.45, 7) is 10.5. The number of nitrogens with one attached hydrogen (secondary N) is 2. The van der Waals surface area contributed by atoms with Crippen LogP contribution in [0.25, 0.3) is 0 Å². The molecule has 27 heavy (non-hydrogen) atoms. The number of rotatable bonds is 9. The van der Waals surface area contributed by atoms with Gasteiger partial charge in [-0.25, -0.2) is 4.99 Å². The second-order valence-corrected chi connectivity index (χ2v) is 7.19. The molecule has 0 amide bonds. The molecule has 1 saturated heterocycles. The van der Waals surface area contributed by atoms with Crippen molar-refractivity contribution in [1.82, 2.24) is 15.5 Å². The number of aliphatic imine (C=N–C) groups is 1. The molecule has 2 N–H and O–H groups in total. The lowest BCUT2D eigenvalue weighted by Gasteiger charge is -2.30. The monoisotopic (exact) mass is 376 g/mol. The third kappa shape index (κ3) is 7.29. The van der Waals surface area contributed by atoms with Crippen molar-refractivity contribution >= 4 is 5.96 Å². The Balaban J connectivity index is 1.79. The van der Waals surface area contributed by atoms with Gasteiger partial charge < -0.3 is 25.0 Å². The number of guanidine groups is 1. The summed E-state index contributed by atoms with van der Waals surface area (Å²) in [6, 6.07) is 5.92. The van der Waals surface area contributed by atoms with Gasteiger partial charge in [-0.05, 0) is 69.4 Å². The standard InChI is InChI=1S/C21H36N4O2/c1-5-22-21(23-11-6-12-25-13-9-17(2)10-14-25)24-16-18-7-8-19(26-3)20(15-18)27-4/h7-8,15,17H,5-6,9-14,16H2,1-4H3,(H2,22,23,24). The van der Waals surface area contributed by atoms with E-state index in [2.05, 4.69) is 29.4 Å². The third-order valence-electron chi connectivity index (χ3n) is 5.03. The van der Waals surface area contributed by atoms with Gasteiger partial charge in [0, 0.05) is 13.1 Å². The Kier molecular flexibility index (Phi) is 9.25. The van der Waals surface area contributed by atoms with Crippen molar-refractivity contribution in [3.8, 4) is 11.5 Å². The van der Waals surface area contributed by atoms with Gasteiger partial charge in [0.05, 0.1) is 20.8 Å². The summed E-state index contributed by atoms with van der Waals surface area (Å²) >= 11 is 0. The molecule has 6 nitrogen and oxygen atoms in total. The van der Waals surface area contributed by atoms with Crippen molar-refractivity contribution in [2.24, 2.45) is 10.9 Å². The van der Waals surface area contributed by atoms with Crippen LogP contribution in [0.4, 0.5) is 0 Å². The van der Waals surface area contributed by atoms with Crippen molar-refractivity contribution in [2.45, 2.75) is 39.7 Å². The van der Waals surface area contributed by atoms with Crippen LogP contribution in [0, 0.1) is 5.92 Å². The lowest BCUT2D eigenvalue weighted by atomic mass is 9.99. The highest BCUT2D eigenvalue weighted by molar-refractivity contribution is 5.79. The van der Waals surface area contributed by atoms with E-state index >= 15 is 0 Å². The minimum atomic E-state index is 0.597. The summed E-state index contributed by atoms with van der Waals surface area (Å²) in [5.74, 6) is 3.23. The Bertz CT molecular complexity index is 584. The zero-order valence-electron chi connectivity index (χ0n) is 17.4. The lowest BCUT2D eigenvalue weighted by molar-refractivity contribution is 0.191. The SMILES string of the molecule is CCNC(=NCc1ccc(OC)c(OC)c1)NCCCN1CCC(C)CC1. The van der Waals surface area contributed by atoms with Crippen LogP contribution in [0.15, 0.2) is 23.2 Å². The average Bonchev–Trinajstić information content (AvgIpc) is 2.70. The van der Waals surface area contributed by atoms with Gasteiger partial charge in [-0.1, -0.05) is 13.0 Å².